The van der Waals surface area contributed by atoms with Crippen LogP contribution in [0.2, 0.25) is 0 Å². The van der Waals surface area contributed by atoms with Crippen LogP contribution in [0, 0.1) is 0 Å². The second-order valence-electron chi connectivity index (χ2n) is 3.88. The third-order valence-corrected chi connectivity index (χ3v) is 2.42. The Kier molecular flexibility index (Phi) is 2.57. The van der Waals surface area contributed by atoms with Crippen LogP contribution in [-0.2, 0) is 0 Å². The lowest BCUT2D eigenvalue weighted by Crippen LogP contribution is -1.92. The van der Waals surface area contributed by atoms with Gasteiger partial charge in [0.1, 0.15) is 0 Å². The van der Waals surface area contributed by atoms with Gasteiger partial charge in [-0.05, 0) is 24.3 Å². The number of hydrogen-bond acceptors (Lipinski definition) is 7. The van der Waals surface area contributed by atoms with Gasteiger partial charge < -0.3 is 16.0 Å². The average molecular weight is 254 g/mol. The lowest BCUT2D eigenvalue weighted by Gasteiger charge is -1.99. The maximum atomic E-state index is 5.72. The Morgan fingerprint density at radius 2 is 1.58 bits per heavy atom. The highest BCUT2D eigenvalue weighted by molar-refractivity contribution is 5.67. The fourth-order valence-corrected chi connectivity index (χ4v) is 1.65. The van der Waals surface area contributed by atoms with E-state index in [1.165, 1.54) is 0 Å². The number of anilines is 2. The van der Waals surface area contributed by atoms with Crippen molar-refractivity contribution in [3.05, 3.63) is 36.7 Å². The molecule has 94 valence electrons. The van der Waals surface area contributed by atoms with Gasteiger partial charge in [0, 0.05) is 29.3 Å². The van der Waals surface area contributed by atoms with Crippen molar-refractivity contribution in [2.75, 3.05) is 11.5 Å². The summed E-state index contributed by atoms with van der Waals surface area (Å²) in [5, 5.41) is 3.83. The Bertz CT molecular complexity index is 689. The summed E-state index contributed by atoms with van der Waals surface area (Å²) in [4.78, 5) is 12.3. The van der Waals surface area contributed by atoms with Crippen LogP contribution in [0.4, 0.5) is 11.4 Å². The Hall–Kier alpha value is -2.96. The third-order valence-electron chi connectivity index (χ3n) is 2.42. The van der Waals surface area contributed by atoms with Gasteiger partial charge in [0.25, 0.3) is 5.89 Å². The molecule has 0 atom stereocenters. The summed E-state index contributed by atoms with van der Waals surface area (Å²) in [7, 11) is 0. The van der Waals surface area contributed by atoms with E-state index >= 15 is 0 Å². The predicted octanol–water partition coefficient (Wildman–Crippen LogP) is 1.36. The maximum absolute atomic E-state index is 5.72. The molecule has 2 heterocycles. The average Bonchev–Trinajstić information content (AvgIpc) is 2.88. The molecule has 0 bridgehead atoms. The van der Waals surface area contributed by atoms with Gasteiger partial charge in [-0.15, -0.1) is 0 Å². The fraction of sp³-hybridized carbons (Fsp3) is 0. The molecule has 4 N–H and O–H groups in total. The molecule has 0 unspecified atom stereocenters. The molecule has 7 nitrogen and oxygen atoms in total. The Labute approximate surface area is 108 Å². The molecule has 3 rings (SSSR count). The SMILES string of the molecule is Nc1cc(N)cc(-c2nc(-c3ncccn3)no2)c1. The standard InChI is InChI=1S/C12H10N6O/c13-8-4-7(5-9(14)6-8)12-17-11(18-19-12)10-15-2-1-3-16-10/h1-6H,13-14H2. The van der Waals surface area contributed by atoms with Crippen molar-refractivity contribution in [1.29, 1.82) is 0 Å². The van der Waals surface area contributed by atoms with E-state index in [9.17, 15) is 0 Å². The van der Waals surface area contributed by atoms with Crippen molar-refractivity contribution in [2.24, 2.45) is 0 Å². The van der Waals surface area contributed by atoms with Gasteiger partial charge in [0.15, 0.2) is 0 Å². The largest absolute Gasteiger partial charge is 0.399 e. The van der Waals surface area contributed by atoms with Crippen LogP contribution in [0.1, 0.15) is 0 Å². The van der Waals surface area contributed by atoms with E-state index < -0.39 is 0 Å². The van der Waals surface area contributed by atoms with Crippen molar-refractivity contribution in [3.8, 4) is 23.1 Å². The van der Waals surface area contributed by atoms with Gasteiger partial charge in [-0.2, -0.15) is 4.98 Å². The van der Waals surface area contributed by atoms with Crippen molar-refractivity contribution in [1.82, 2.24) is 20.1 Å². The van der Waals surface area contributed by atoms with Gasteiger partial charge in [-0.25, -0.2) is 9.97 Å². The van der Waals surface area contributed by atoms with Crippen LogP contribution >= 0.6 is 0 Å². The molecule has 0 aliphatic rings. The number of nitrogens with two attached hydrogens (primary N) is 2. The molecule has 19 heavy (non-hydrogen) atoms. The van der Waals surface area contributed by atoms with E-state index in [4.69, 9.17) is 16.0 Å². The van der Waals surface area contributed by atoms with E-state index in [0.29, 0.717) is 34.5 Å². The first-order valence-electron chi connectivity index (χ1n) is 5.50. The highest BCUT2D eigenvalue weighted by Crippen LogP contribution is 2.24. The molecule has 7 heteroatoms. The van der Waals surface area contributed by atoms with E-state index in [1.54, 1.807) is 36.7 Å². The molecule has 0 amide bonds. The van der Waals surface area contributed by atoms with Gasteiger partial charge in [-0.3, -0.25) is 0 Å². The quantitative estimate of drug-likeness (QED) is 0.663. The Morgan fingerprint density at radius 3 is 2.26 bits per heavy atom. The normalized spacial score (nSPS) is 10.5. The second-order valence-corrected chi connectivity index (χ2v) is 3.88. The highest BCUT2D eigenvalue weighted by Gasteiger charge is 2.12. The Balaban J connectivity index is 2.02. The van der Waals surface area contributed by atoms with Crippen molar-refractivity contribution in [3.63, 3.8) is 0 Å². The molecule has 3 aromatic rings. The fourth-order valence-electron chi connectivity index (χ4n) is 1.65. The minimum atomic E-state index is 0.316. The van der Waals surface area contributed by atoms with Crippen molar-refractivity contribution < 1.29 is 4.52 Å². The minimum Gasteiger partial charge on any atom is -0.399 e. The van der Waals surface area contributed by atoms with Crippen LogP contribution in [0.3, 0.4) is 0 Å². The summed E-state index contributed by atoms with van der Waals surface area (Å²) >= 11 is 0. The van der Waals surface area contributed by atoms with E-state index in [2.05, 4.69) is 20.1 Å². The summed E-state index contributed by atoms with van der Waals surface area (Å²) in [6, 6.07) is 6.78. The summed E-state index contributed by atoms with van der Waals surface area (Å²) in [6.45, 7) is 0. The number of nitrogens with zero attached hydrogens (tertiary/aromatic N) is 4. The molecule has 0 saturated heterocycles. The monoisotopic (exact) mass is 254 g/mol. The third kappa shape index (κ3) is 2.21. The number of hydrogen-bond donors (Lipinski definition) is 2. The van der Waals surface area contributed by atoms with Crippen LogP contribution < -0.4 is 11.5 Å². The Morgan fingerprint density at radius 1 is 0.895 bits per heavy atom. The summed E-state index contributed by atoms with van der Waals surface area (Å²) in [6.07, 6.45) is 3.22. The number of rotatable bonds is 2. The number of nitrogen functional groups attached to an aromatic ring is 2. The van der Waals surface area contributed by atoms with Crippen LogP contribution in [-0.4, -0.2) is 20.1 Å². The van der Waals surface area contributed by atoms with E-state index in [0.717, 1.165) is 0 Å². The summed E-state index contributed by atoms with van der Waals surface area (Å²) in [5.74, 6) is 1.03. The summed E-state index contributed by atoms with van der Waals surface area (Å²) in [5.41, 5.74) is 13.2. The molecule has 0 fully saturated rings. The topological polar surface area (TPSA) is 117 Å². The van der Waals surface area contributed by atoms with Gasteiger partial charge >= 0.3 is 0 Å². The van der Waals surface area contributed by atoms with Gasteiger partial charge in [0.2, 0.25) is 11.6 Å². The first kappa shape index (κ1) is 11.1. The molecule has 1 aromatic carbocycles. The first-order valence-corrected chi connectivity index (χ1v) is 5.50. The minimum absolute atomic E-state index is 0.316. The highest BCUT2D eigenvalue weighted by atomic mass is 16.5. The molecular weight excluding hydrogens is 244 g/mol. The zero-order valence-corrected chi connectivity index (χ0v) is 9.82. The number of benzene rings is 1. The zero-order valence-electron chi connectivity index (χ0n) is 9.82. The molecular formula is C12H10N6O. The van der Waals surface area contributed by atoms with Crippen molar-refractivity contribution >= 4 is 11.4 Å². The van der Waals surface area contributed by atoms with E-state index in [1.807, 2.05) is 0 Å². The van der Waals surface area contributed by atoms with Gasteiger partial charge in [-0.1, -0.05) is 5.16 Å². The van der Waals surface area contributed by atoms with Crippen LogP contribution in [0.25, 0.3) is 23.1 Å². The lowest BCUT2D eigenvalue weighted by molar-refractivity contribution is 0.432. The molecule has 2 aromatic heterocycles. The molecule has 0 aliphatic heterocycles. The summed E-state index contributed by atoms with van der Waals surface area (Å²) < 4.78 is 5.16. The van der Waals surface area contributed by atoms with E-state index in [-0.39, 0.29) is 0 Å². The lowest BCUT2D eigenvalue weighted by atomic mass is 10.2. The second kappa shape index (κ2) is 4.37. The zero-order chi connectivity index (χ0) is 13.2. The first-order chi connectivity index (χ1) is 9.22. The van der Waals surface area contributed by atoms with Crippen molar-refractivity contribution in [2.45, 2.75) is 0 Å². The predicted molar refractivity (Wildman–Crippen MR) is 69.6 cm³/mol. The molecule has 0 aliphatic carbocycles. The number of aromatic nitrogens is 4. The van der Waals surface area contributed by atoms with Crippen LogP contribution in [0.15, 0.2) is 41.2 Å². The molecule has 0 radical (unpaired) electrons. The van der Waals surface area contributed by atoms with Gasteiger partial charge in [0.05, 0.1) is 0 Å². The molecule has 0 spiro atoms. The maximum Gasteiger partial charge on any atom is 0.258 e. The van der Waals surface area contributed by atoms with Crippen LogP contribution in [0.5, 0.6) is 0 Å². The smallest absolute Gasteiger partial charge is 0.258 e. The molecule has 0 saturated carbocycles.